The van der Waals surface area contributed by atoms with Crippen molar-refractivity contribution < 1.29 is 21.6 Å². The van der Waals surface area contributed by atoms with Crippen LogP contribution in [0.5, 0.6) is 0 Å². The van der Waals surface area contributed by atoms with Crippen LogP contribution in [0.1, 0.15) is 0 Å². The van der Waals surface area contributed by atoms with E-state index in [1.165, 1.54) is 42.5 Å². The summed E-state index contributed by atoms with van der Waals surface area (Å²) in [7, 11) is -4.46. The van der Waals surface area contributed by atoms with E-state index in [-0.39, 0.29) is 26.4 Å². The number of hydrogen-bond donors (Lipinski definition) is 0. The molecule has 1 heterocycles. The van der Waals surface area contributed by atoms with Crippen molar-refractivity contribution in [2.75, 3.05) is 0 Å². The molecule has 6 nitrogen and oxygen atoms in total. The van der Waals surface area contributed by atoms with Crippen molar-refractivity contribution >= 4 is 43.8 Å². The molecule has 1 aromatic heterocycles. The normalized spacial score (nSPS) is 12.6. The maximum absolute atomic E-state index is 12.9. The van der Waals surface area contributed by atoms with Gasteiger partial charge in [0.15, 0.2) is 5.82 Å². The Balaban J connectivity index is 2.26. The monoisotopic (exact) mass is 507 g/mol. The Hall–Kier alpha value is -2.37. The van der Waals surface area contributed by atoms with Crippen LogP contribution in [0.2, 0.25) is 5.02 Å². The summed E-state index contributed by atoms with van der Waals surface area (Å²) in [6, 6.07) is 11.2. The van der Waals surface area contributed by atoms with Gasteiger partial charge in [-0.25, -0.2) is 9.36 Å². The summed E-state index contributed by atoms with van der Waals surface area (Å²) in [4.78, 5) is 12.4. The lowest BCUT2D eigenvalue weighted by Crippen LogP contribution is -2.29. The Morgan fingerprint density at radius 3 is 2.34 bits per heavy atom. The van der Waals surface area contributed by atoms with Crippen molar-refractivity contribution in [3.63, 3.8) is 0 Å². The van der Waals surface area contributed by atoms with Gasteiger partial charge in [0.25, 0.3) is 10.0 Å². The summed E-state index contributed by atoms with van der Waals surface area (Å²) in [5.41, 5.74) is -1.09. The minimum Gasteiger partial charge on any atom is -0.249 e. The maximum Gasteiger partial charge on any atom is 0.411 e. The first-order chi connectivity index (χ1) is 13.5. The van der Waals surface area contributed by atoms with Gasteiger partial charge in [0.2, 0.25) is 0 Å². The number of rotatable bonds is 4. The first-order valence-electron chi connectivity index (χ1n) is 7.74. The van der Waals surface area contributed by atoms with E-state index in [9.17, 15) is 26.4 Å². The van der Waals surface area contributed by atoms with Crippen LogP contribution in [0.3, 0.4) is 0 Å². The van der Waals surface area contributed by atoms with Gasteiger partial charge in [-0.3, -0.25) is 0 Å². The summed E-state index contributed by atoms with van der Waals surface area (Å²) < 4.78 is 64.7. The number of alkyl halides is 3. The Morgan fingerprint density at radius 2 is 1.76 bits per heavy atom. The molecule has 0 aliphatic carbocycles. The molecule has 0 N–H and O–H groups in total. The Labute approximate surface area is 176 Å². The van der Waals surface area contributed by atoms with Crippen LogP contribution in [-0.4, -0.2) is 28.3 Å². The zero-order chi connectivity index (χ0) is 21.4. The number of nitrogens with zero attached hydrogens (tertiary/aromatic N) is 3. The molecule has 0 radical (unpaired) electrons. The molecule has 0 spiro atoms. The predicted molar refractivity (Wildman–Crippen MR) is 105 cm³/mol. The van der Waals surface area contributed by atoms with Gasteiger partial charge in [0.05, 0.1) is 4.90 Å². The quantitative estimate of drug-likeness (QED) is 0.524. The Bertz CT molecular complexity index is 1250. The molecule has 0 fully saturated rings. The smallest absolute Gasteiger partial charge is 0.249 e. The fourth-order valence-corrected chi connectivity index (χ4v) is 4.21. The molecule has 0 amide bonds. The lowest BCUT2D eigenvalue weighted by Gasteiger charge is -2.03. The highest BCUT2D eigenvalue weighted by atomic mass is 79.9. The first kappa shape index (κ1) is 21.3. The van der Waals surface area contributed by atoms with Gasteiger partial charge in [-0.05, 0) is 42.5 Å². The van der Waals surface area contributed by atoms with Crippen LogP contribution < -0.4 is 5.69 Å². The highest BCUT2D eigenvalue weighted by molar-refractivity contribution is 9.10. The zero-order valence-corrected chi connectivity index (χ0v) is 17.3. The van der Waals surface area contributed by atoms with E-state index in [1.54, 1.807) is 6.07 Å². The fraction of sp³-hybridized carbons (Fsp3) is 0.0588. The molecule has 152 valence electrons. The molecule has 3 rings (SSSR count). The van der Waals surface area contributed by atoms with E-state index < -0.39 is 21.9 Å². The van der Waals surface area contributed by atoms with Gasteiger partial charge in [-0.2, -0.15) is 21.6 Å². The third kappa shape index (κ3) is 4.62. The number of hydrogen-bond acceptors (Lipinski definition) is 4. The molecular weight excluding hydrogens is 499 g/mol. The van der Waals surface area contributed by atoms with E-state index in [0.29, 0.717) is 20.3 Å². The highest BCUT2D eigenvalue weighted by Crippen LogP contribution is 2.23. The summed E-state index contributed by atoms with van der Waals surface area (Å²) >= 11 is 8.94. The van der Waals surface area contributed by atoms with Crippen LogP contribution in [-0.2, 0) is 10.0 Å². The van der Waals surface area contributed by atoms with Crippen molar-refractivity contribution in [1.82, 2.24) is 13.8 Å². The number of halogens is 5. The third-order valence-corrected chi connectivity index (χ3v) is 5.91. The number of allylic oxidation sites excluding steroid dienone is 1. The molecule has 0 aliphatic rings. The molecule has 3 aromatic rings. The molecule has 0 aliphatic heterocycles. The molecular formula is C17H10BrClF3N3O3S. The van der Waals surface area contributed by atoms with Crippen molar-refractivity contribution in [3.8, 4) is 11.4 Å². The first-order valence-corrected chi connectivity index (χ1v) is 10.3. The second-order valence-electron chi connectivity index (χ2n) is 5.65. The van der Waals surface area contributed by atoms with Crippen molar-refractivity contribution in [2.24, 2.45) is 0 Å². The third-order valence-electron chi connectivity index (χ3n) is 3.62. The van der Waals surface area contributed by atoms with E-state index in [0.717, 1.165) is 0 Å². The zero-order valence-electron chi connectivity index (χ0n) is 14.1. The maximum atomic E-state index is 12.9. The van der Waals surface area contributed by atoms with Gasteiger partial charge in [0.1, 0.15) is 0 Å². The standard InChI is InChI=1S/C17H10BrClF3N3O3S/c18-12-2-1-3-14(10-12)29(27,28)25-16(26)24(9-8-17(20,21)22)15(23-25)11-4-6-13(19)7-5-11/h1-10H. The molecule has 0 bridgehead atoms. The van der Waals surface area contributed by atoms with Crippen molar-refractivity contribution in [2.45, 2.75) is 11.1 Å². The van der Waals surface area contributed by atoms with Gasteiger partial charge < -0.3 is 0 Å². The Kier molecular flexibility index (Phi) is 5.74. The highest BCUT2D eigenvalue weighted by Gasteiger charge is 2.27. The van der Waals surface area contributed by atoms with Crippen LogP contribution >= 0.6 is 27.5 Å². The minimum atomic E-state index is -4.72. The summed E-state index contributed by atoms with van der Waals surface area (Å²) in [5, 5.41) is 4.13. The lowest BCUT2D eigenvalue weighted by atomic mass is 10.2. The topological polar surface area (TPSA) is 74.0 Å². The van der Waals surface area contributed by atoms with E-state index >= 15 is 0 Å². The molecule has 0 saturated carbocycles. The molecule has 2 aromatic carbocycles. The second-order valence-corrected chi connectivity index (χ2v) is 8.77. The van der Waals surface area contributed by atoms with Gasteiger partial charge in [-0.1, -0.05) is 37.7 Å². The SMILES string of the molecule is O=c1n(S(=O)(=O)c2cccc(Br)c2)nc(-c2ccc(Cl)cc2)n1C=CC(F)(F)F. The van der Waals surface area contributed by atoms with Crippen LogP contribution in [0, 0.1) is 0 Å². The molecule has 29 heavy (non-hydrogen) atoms. The lowest BCUT2D eigenvalue weighted by molar-refractivity contribution is -0.0792. The van der Waals surface area contributed by atoms with Crippen molar-refractivity contribution in [1.29, 1.82) is 0 Å². The fourth-order valence-electron chi connectivity index (χ4n) is 2.33. The summed E-state index contributed by atoms with van der Waals surface area (Å²) in [6.07, 6.45) is -4.49. The predicted octanol–water partition coefficient (Wildman–Crippen LogP) is 4.40. The largest absolute Gasteiger partial charge is 0.411 e. The average molecular weight is 509 g/mol. The molecule has 0 saturated heterocycles. The summed E-state index contributed by atoms with van der Waals surface area (Å²) in [5.74, 6) is -0.300. The van der Waals surface area contributed by atoms with Crippen LogP contribution in [0.4, 0.5) is 13.2 Å². The van der Waals surface area contributed by atoms with Gasteiger partial charge >= 0.3 is 11.9 Å². The molecule has 12 heteroatoms. The number of aromatic nitrogens is 3. The average Bonchev–Trinajstić information content (AvgIpc) is 2.97. The summed E-state index contributed by atoms with van der Waals surface area (Å²) in [6.45, 7) is 0. The van der Waals surface area contributed by atoms with Crippen LogP contribution in [0.25, 0.3) is 17.6 Å². The van der Waals surface area contributed by atoms with Gasteiger partial charge in [0, 0.05) is 27.3 Å². The second kappa shape index (κ2) is 7.81. The van der Waals surface area contributed by atoms with E-state index in [2.05, 4.69) is 21.0 Å². The number of benzene rings is 2. The van der Waals surface area contributed by atoms with E-state index in [4.69, 9.17) is 11.6 Å². The van der Waals surface area contributed by atoms with E-state index in [1.807, 2.05) is 0 Å². The molecule has 0 unspecified atom stereocenters. The Morgan fingerprint density at radius 1 is 1.10 bits per heavy atom. The van der Waals surface area contributed by atoms with Crippen LogP contribution in [0.15, 0.2) is 68.8 Å². The minimum absolute atomic E-state index is 0.152. The van der Waals surface area contributed by atoms with Crippen molar-refractivity contribution in [3.05, 3.63) is 74.6 Å². The van der Waals surface area contributed by atoms with Gasteiger partial charge in [-0.15, -0.1) is 5.10 Å². The molecule has 0 atom stereocenters.